The number of aromatic nitrogens is 2. The van der Waals surface area contributed by atoms with Gasteiger partial charge in [-0.1, -0.05) is 13.0 Å². The van der Waals surface area contributed by atoms with E-state index in [0.717, 1.165) is 19.3 Å². The summed E-state index contributed by atoms with van der Waals surface area (Å²) < 4.78 is 35.3. The molecule has 1 saturated heterocycles. The first-order chi connectivity index (χ1) is 10.6. The molecular weight excluding hydrogens is 302 g/mol. The van der Waals surface area contributed by atoms with Crippen LogP contribution in [0.25, 0.3) is 5.52 Å². The van der Waals surface area contributed by atoms with Crippen LogP contribution in [-0.4, -0.2) is 37.3 Å². The van der Waals surface area contributed by atoms with Crippen LogP contribution in [-0.2, 0) is 14.8 Å². The van der Waals surface area contributed by atoms with Gasteiger partial charge in [0.05, 0.1) is 11.7 Å². The van der Waals surface area contributed by atoms with Crippen molar-refractivity contribution in [3.63, 3.8) is 0 Å². The zero-order valence-electron chi connectivity index (χ0n) is 12.6. The monoisotopic (exact) mass is 323 g/mol. The number of nitrogens with one attached hydrogen (secondary N) is 1. The van der Waals surface area contributed by atoms with Crippen LogP contribution in [0.15, 0.2) is 35.5 Å². The lowest BCUT2D eigenvalue weighted by Gasteiger charge is -2.29. The number of pyridine rings is 1. The van der Waals surface area contributed by atoms with Crippen LogP contribution in [0.3, 0.4) is 0 Å². The lowest BCUT2D eigenvalue weighted by atomic mass is 9.91. The van der Waals surface area contributed by atoms with Crippen LogP contribution < -0.4 is 4.72 Å². The van der Waals surface area contributed by atoms with Gasteiger partial charge in [-0.2, -0.15) is 5.10 Å². The van der Waals surface area contributed by atoms with Gasteiger partial charge in [0.15, 0.2) is 0 Å². The van der Waals surface area contributed by atoms with Crippen molar-refractivity contribution in [3.05, 3.63) is 30.6 Å². The second-order valence-electron chi connectivity index (χ2n) is 5.63. The van der Waals surface area contributed by atoms with Crippen LogP contribution in [0.2, 0.25) is 0 Å². The molecule has 3 heterocycles. The number of fused-ring (bicyclic) bond motifs is 1. The van der Waals surface area contributed by atoms with E-state index in [-0.39, 0.29) is 10.9 Å². The van der Waals surface area contributed by atoms with Gasteiger partial charge < -0.3 is 4.74 Å². The Morgan fingerprint density at radius 1 is 1.41 bits per heavy atom. The molecule has 7 heteroatoms. The van der Waals surface area contributed by atoms with E-state index in [4.69, 9.17) is 4.74 Å². The highest BCUT2D eigenvalue weighted by molar-refractivity contribution is 7.89. The Morgan fingerprint density at radius 3 is 2.91 bits per heavy atom. The molecule has 0 radical (unpaired) electrons. The number of rotatable bonds is 5. The molecule has 1 atom stereocenters. The molecule has 0 bridgehead atoms. The highest BCUT2D eigenvalue weighted by Gasteiger charge is 2.29. The standard InChI is InChI=1S/C15H21N3O3S/c1-2-13(12-6-9-21-10-7-12)17-22(19,20)15-11-16-18-8-4-3-5-14(15)18/h3-5,8,11-13,17H,2,6-7,9-10H2,1H3. The second-order valence-corrected chi connectivity index (χ2v) is 7.31. The van der Waals surface area contributed by atoms with Crippen molar-refractivity contribution in [1.29, 1.82) is 0 Å². The zero-order valence-corrected chi connectivity index (χ0v) is 13.4. The lowest BCUT2D eigenvalue weighted by molar-refractivity contribution is 0.0561. The number of ether oxygens (including phenoxy) is 1. The Hall–Kier alpha value is -1.44. The Morgan fingerprint density at radius 2 is 2.18 bits per heavy atom. The van der Waals surface area contributed by atoms with Crippen LogP contribution in [0.1, 0.15) is 26.2 Å². The minimum atomic E-state index is -3.58. The summed E-state index contributed by atoms with van der Waals surface area (Å²) in [5, 5.41) is 4.11. The quantitative estimate of drug-likeness (QED) is 0.911. The maximum Gasteiger partial charge on any atom is 0.244 e. The topological polar surface area (TPSA) is 72.7 Å². The molecule has 1 aliphatic heterocycles. The highest BCUT2D eigenvalue weighted by Crippen LogP contribution is 2.23. The lowest BCUT2D eigenvalue weighted by Crippen LogP contribution is -2.41. The van der Waals surface area contributed by atoms with E-state index < -0.39 is 10.0 Å². The molecule has 0 aliphatic carbocycles. The van der Waals surface area contributed by atoms with Gasteiger partial charge in [0.2, 0.25) is 10.0 Å². The predicted molar refractivity (Wildman–Crippen MR) is 83.1 cm³/mol. The van der Waals surface area contributed by atoms with Crippen LogP contribution in [0.5, 0.6) is 0 Å². The van der Waals surface area contributed by atoms with Crippen molar-refractivity contribution in [1.82, 2.24) is 14.3 Å². The Kier molecular flexibility index (Phi) is 4.46. The van der Waals surface area contributed by atoms with Crippen molar-refractivity contribution in [2.75, 3.05) is 13.2 Å². The van der Waals surface area contributed by atoms with E-state index in [9.17, 15) is 8.42 Å². The Labute approximate surface area is 130 Å². The normalized spacial score (nSPS) is 18.6. The van der Waals surface area contributed by atoms with Crippen LogP contribution in [0.4, 0.5) is 0 Å². The number of hydrogen-bond donors (Lipinski definition) is 1. The van der Waals surface area contributed by atoms with Crippen molar-refractivity contribution in [3.8, 4) is 0 Å². The summed E-state index contributed by atoms with van der Waals surface area (Å²) in [5.74, 6) is 0.329. The number of sulfonamides is 1. The van der Waals surface area contributed by atoms with Gasteiger partial charge in [0.1, 0.15) is 4.90 Å². The van der Waals surface area contributed by atoms with Gasteiger partial charge in [-0.15, -0.1) is 0 Å². The van der Waals surface area contributed by atoms with Crippen LogP contribution in [0, 0.1) is 5.92 Å². The van der Waals surface area contributed by atoms with E-state index in [1.807, 2.05) is 19.1 Å². The Bertz CT molecular complexity index is 735. The largest absolute Gasteiger partial charge is 0.381 e. The molecule has 2 aromatic rings. The first-order valence-corrected chi connectivity index (χ1v) is 9.12. The van der Waals surface area contributed by atoms with Gasteiger partial charge in [0.25, 0.3) is 0 Å². The molecule has 1 unspecified atom stereocenters. The zero-order chi connectivity index (χ0) is 15.6. The summed E-state index contributed by atoms with van der Waals surface area (Å²) in [4.78, 5) is 0.235. The average Bonchev–Trinajstić information content (AvgIpc) is 2.98. The van der Waals surface area contributed by atoms with E-state index in [2.05, 4.69) is 9.82 Å². The summed E-state index contributed by atoms with van der Waals surface area (Å²) in [6.45, 7) is 3.43. The van der Waals surface area contributed by atoms with Gasteiger partial charge in [-0.3, -0.25) is 0 Å². The molecule has 0 saturated carbocycles. The average molecular weight is 323 g/mol. The molecule has 1 aliphatic rings. The molecule has 1 fully saturated rings. The molecule has 3 rings (SSSR count). The maximum absolute atomic E-state index is 12.7. The molecule has 0 spiro atoms. The SMILES string of the molecule is CCC(NS(=O)(=O)c1cnn2ccccc12)C1CCOCC1. The molecular formula is C15H21N3O3S. The highest BCUT2D eigenvalue weighted by atomic mass is 32.2. The summed E-state index contributed by atoms with van der Waals surface area (Å²) in [7, 11) is -3.58. The Balaban J connectivity index is 1.85. The molecule has 0 amide bonds. The molecule has 22 heavy (non-hydrogen) atoms. The molecule has 120 valence electrons. The van der Waals surface area contributed by atoms with Gasteiger partial charge in [-0.25, -0.2) is 17.7 Å². The van der Waals surface area contributed by atoms with Gasteiger partial charge >= 0.3 is 0 Å². The van der Waals surface area contributed by atoms with E-state index in [0.29, 0.717) is 24.6 Å². The smallest absolute Gasteiger partial charge is 0.244 e. The maximum atomic E-state index is 12.7. The summed E-state index contributed by atoms with van der Waals surface area (Å²) in [6, 6.07) is 5.33. The third-order valence-corrected chi connectivity index (χ3v) is 5.77. The van der Waals surface area contributed by atoms with E-state index >= 15 is 0 Å². The van der Waals surface area contributed by atoms with E-state index in [1.54, 1.807) is 16.8 Å². The van der Waals surface area contributed by atoms with Crippen LogP contribution >= 0.6 is 0 Å². The predicted octanol–water partition coefficient (Wildman–Crippen LogP) is 1.82. The third-order valence-electron chi connectivity index (χ3n) is 4.26. The van der Waals surface area contributed by atoms with Gasteiger partial charge in [0, 0.05) is 25.5 Å². The van der Waals surface area contributed by atoms with E-state index in [1.165, 1.54) is 6.20 Å². The first kappa shape index (κ1) is 15.5. The summed E-state index contributed by atoms with van der Waals surface area (Å²) >= 11 is 0. The fourth-order valence-corrected chi connectivity index (χ4v) is 4.52. The minimum Gasteiger partial charge on any atom is -0.381 e. The number of nitrogens with zero attached hydrogens (tertiary/aromatic N) is 2. The summed E-state index contributed by atoms with van der Waals surface area (Å²) in [6.07, 6.45) is 5.72. The molecule has 0 aromatic carbocycles. The van der Waals surface area contributed by atoms with Crippen molar-refractivity contribution >= 4 is 15.5 Å². The first-order valence-electron chi connectivity index (χ1n) is 7.64. The fourth-order valence-electron chi connectivity index (χ4n) is 3.01. The third kappa shape index (κ3) is 3.02. The second kappa shape index (κ2) is 6.36. The molecule has 1 N–H and O–H groups in total. The fraction of sp³-hybridized carbons (Fsp3) is 0.533. The summed E-state index contributed by atoms with van der Waals surface area (Å²) in [5.41, 5.74) is 0.594. The number of hydrogen-bond acceptors (Lipinski definition) is 4. The molecule has 6 nitrogen and oxygen atoms in total. The van der Waals surface area contributed by atoms with Crippen molar-refractivity contribution in [2.24, 2.45) is 5.92 Å². The minimum absolute atomic E-state index is 0.0624. The van der Waals surface area contributed by atoms with Crippen molar-refractivity contribution < 1.29 is 13.2 Å². The van der Waals surface area contributed by atoms with Crippen molar-refractivity contribution in [2.45, 2.75) is 37.1 Å². The molecule has 2 aromatic heterocycles. The van der Waals surface area contributed by atoms with Gasteiger partial charge in [-0.05, 0) is 37.3 Å².